The van der Waals surface area contributed by atoms with Gasteiger partial charge in [-0.1, -0.05) is 12.1 Å². The maximum atomic E-state index is 12.9. The Morgan fingerprint density at radius 3 is 2.33 bits per heavy atom. The molecule has 0 radical (unpaired) electrons. The number of carbonyl (C=O) groups is 3. The Labute approximate surface area is 177 Å². The molecule has 1 aliphatic rings. The molecule has 0 saturated carbocycles. The fourth-order valence-electron chi connectivity index (χ4n) is 3.22. The van der Waals surface area contributed by atoms with E-state index in [0.29, 0.717) is 38.4 Å². The van der Waals surface area contributed by atoms with E-state index in [1.54, 1.807) is 37.8 Å². The number of nitrogens with one attached hydrogen (secondary N) is 2. The van der Waals surface area contributed by atoms with Gasteiger partial charge in [-0.3, -0.25) is 9.59 Å². The molecule has 2 rings (SSSR count). The molecule has 0 aliphatic carbocycles. The number of ether oxygens (including phenoxy) is 1. The van der Waals surface area contributed by atoms with Gasteiger partial charge >= 0.3 is 6.09 Å². The lowest BCUT2D eigenvalue weighted by molar-refractivity contribution is -0.131. The van der Waals surface area contributed by atoms with Crippen LogP contribution in [0.1, 0.15) is 45.6 Å². The average molecular weight is 422 g/mol. The zero-order valence-electron chi connectivity index (χ0n) is 18.0. The van der Waals surface area contributed by atoms with Gasteiger partial charge in [0.25, 0.3) is 0 Å². The quantitative estimate of drug-likeness (QED) is 0.709. The van der Waals surface area contributed by atoms with Crippen molar-refractivity contribution in [2.24, 2.45) is 5.92 Å². The largest absolute Gasteiger partial charge is 0.444 e. The summed E-state index contributed by atoms with van der Waals surface area (Å²) in [5.74, 6) is -0.127. The Hall–Kier alpha value is -2.64. The average Bonchev–Trinajstić information content (AvgIpc) is 2.69. The van der Waals surface area contributed by atoms with Crippen LogP contribution in [-0.4, -0.2) is 54.6 Å². The molecule has 0 bridgehead atoms. The summed E-state index contributed by atoms with van der Waals surface area (Å²) in [4.78, 5) is 37.7. The fraction of sp³-hybridized carbons (Fsp3) is 0.591. The molecule has 3 amide bonds. The zero-order valence-corrected chi connectivity index (χ0v) is 18.0. The fourth-order valence-corrected chi connectivity index (χ4v) is 3.22. The Bertz CT molecular complexity index is 723. The highest BCUT2D eigenvalue weighted by atomic mass is 19.1. The number of hydrogen-bond acceptors (Lipinski definition) is 4. The van der Waals surface area contributed by atoms with Crippen LogP contribution < -0.4 is 10.6 Å². The van der Waals surface area contributed by atoms with Crippen LogP contribution in [0.4, 0.5) is 9.18 Å². The summed E-state index contributed by atoms with van der Waals surface area (Å²) in [7, 11) is 0. The highest BCUT2D eigenvalue weighted by Gasteiger charge is 2.24. The number of likely N-dealkylation sites (tertiary alicyclic amines) is 1. The lowest BCUT2D eigenvalue weighted by Gasteiger charge is -2.32. The van der Waals surface area contributed by atoms with Crippen LogP contribution in [0, 0.1) is 11.7 Å². The number of halogens is 1. The normalized spacial score (nSPS) is 14.9. The van der Waals surface area contributed by atoms with Gasteiger partial charge in [-0.25, -0.2) is 9.18 Å². The van der Waals surface area contributed by atoms with Crippen LogP contribution in [0.2, 0.25) is 0 Å². The van der Waals surface area contributed by atoms with Gasteiger partial charge < -0.3 is 20.3 Å². The minimum absolute atomic E-state index is 0.0283. The number of rotatable bonds is 7. The molecule has 8 heteroatoms. The molecule has 1 fully saturated rings. The first-order valence-electron chi connectivity index (χ1n) is 10.4. The minimum Gasteiger partial charge on any atom is -0.444 e. The topological polar surface area (TPSA) is 87.7 Å². The molecular formula is C22H32FN3O4. The number of hydrogen-bond donors (Lipinski definition) is 2. The molecule has 166 valence electrons. The predicted octanol–water partition coefficient (Wildman–Crippen LogP) is 2.64. The molecule has 1 heterocycles. The Balaban J connectivity index is 1.60. The number of nitrogens with zero attached hydrogens (tertiary/aromatic N) is 1. The summed E-state index contributed by atoms with van der Waals surface area (Å²) in [5.41, 5.74) is 0.327. The van der Waals surface area contributed by atoms with E-state index in [1.165, 1.54) is 12.1 Å². The highest BCUT2D eigenvalue weighted by molar-refractivity contribution is 5.82. The van der Waals surface area contributed by atoms with Gasteiger partial charge in [-0.05, 0) is 63.6 Å². The molecule has 0 aromatic heterocycles. The third-order valence-corrected chi connectivity index (χ3v) is 4.89. The van der Waals surface area contributed by atoms with Crippen molar-refractivity contribution < 1.29 is 23.5 Å². The Morgan fingerprint density at radius 1 is 1.10 bits per heavy atom. The standard InChI is InChI=1S/C22H32FN3O4/c1-22(2,3)30-21(29)25-15-20(28)26-12-10-17(11-13-26)14-24-19(27)9-6-16-4-7-18(23)8-5-16/h4-5,7-8,17H,6,9-15H2,1-3H3,(H,24,27)(H,25,29). The van der Waals surface area contributed by atoms with Gasteiger partial charge in [0, 0.05) is 26.1 Å². The van der Waals surface area contributed by atoms with Crippen molar-refractivity contribution in [3.63, 3.8) is 0 Å². The van der Waals surface area contributed by atoms with Crippen LogP contribution in [0.3, 0.4) is 0 Å². The summed E-state index contributed by atoms with van der Waals surface area (Å²) in [6, 6.07) is 6.16. The number of piperidine rings is 1. The van der Waals surface area contributed by atoms with Crippen molar-refractivity contribution in [1.29, 1.82) is 0 Å². The van der Waals surface area contributed by atoms with Gasteiger partial charge in [0.1, 0.15) is 18.0 Å². The molecule has 30 heavy (non-hydrogen) atoms. The third-order valence-electron chi connectivity index (χ3n) is 4.89. The van der Waals surface area contributed by atoms with Crippen molar-refractivity contribution in [3.05, 3.63) is 35.6 Å². The maximum absolute atomic E-state index is 12.9. The lowest BCUT2D eigenvalue weighted by atomic mass is 9.96. The molecular weight excluding hydrogens is 389 g/mol. The molecule has 0 atom stereocenters. The zero-order chi connectivity index (χ0) is 22.1. The van der Waals surface area contributed by atoms with Gasteiger partial charge in [0.2, 0.25) is 11.8 Å². The second kappa shape index (κ2) is 10.9. The smallest absolute Gasteiger partial charge is 0.408 e. The molecule has 1 saturated heterocycles. The number of carbonyl (C=O) groups excluding carboxylic acids is 3. The third kappa shape index (κ3) is 8.80. The monoisotopic (exact) mass is 421 g/mol. The maximum Gasteiger partial charge on any atom is 0.408 e. The molecule has 0 spiro atoms. The van der Waals surface area contributed by atoms with Crippen LogP contribution in [-0.2, 0) is 20.7 Å². The van der Waals surface area contributed by atoms with E-state index < -0.39 is 11.7 Å². The second-order valence-electron chi connectivity index (χ2n) is 8.61. The van der Waals surface area contributed by atoms with Crippen LogP contribution in [0.15, 0.2) is 24.3 Å². The van der Waals surface area contributed by atoms with E-state index in [9.17, 15) is 18.8 Å². The van der Waals surface area contributed by atoms with Crippen LogP contribution in [0.5, 0.6) is 0 Å². The first-order chi connectivity index (χ1) is 14.1. The van der Waals surface area contributed by atoms with Crippen molar-refractivity contribution >= 4 is 17.9 Å². The van der Waals surface area contributed by atoms with Gasteiger partial charge in [0.05, 0.1) is 0 Å². The molecule has 0 unspecified atom stereocenters. The SMILES string of the molecule is CC(C)(C)OC(=O)NCC(=O)N1CCC(CNC(=O)CCc2ccc(F)cc2)CC1. The molecule has 2 N–H and O–H groups in total. The highest BCUT2D eigenvalue weighted by Crippen LogP contribution is 2.16. The number of alkyl carbamates (subject to hydrolysis) is 1. The molecule has 1 aromatic rings. The number of amides is 3. The van der Waals surface area contributed by atoms with Crippen LogP contribution in [0.25, 0.3) is 0 Å². The van der Waals surface area contributed by atoms with E-state index in [4.69, 9.17) is 4.74 Å². The van der Waals surface area contributed by atoms with E-state index in [0.717, 1.165) is 18.4 Å². The first-order valence-corrected chi connectivity index (χ1v) is 10.4. The number of aryl methyl sites for hydroxylation is 1. The first kappa shape index (κ1) is 23.6. The van der Waals surface area contributed by atoms with Crippen molar-refractivity contribution in [1.82, 2.24) is 15.5 Å². The van der Waals surface area contributed by atoms with E-state index in [1.807, 2.05) is 0 Å². The van der Waals surface area contributed by atoms with E-state index >= 15 is 0 Å². The summed E-state index contributed by atoms with van der Waals surface area (Å²) >= 11 is 0. The second-order valence-corrected chi connectivity index (χ2v) is 8.61. The van der Waals surface area contributed by atoms with E-state index in [-0.39, 0.29) is 24.2 Å². The van der Waals surface area contributed by atoms with Gasteiger partial charge in [-0.2, -0.15) is 0 Å². The van der Waals surface area contributed by atoms with Gasteiger partial charge in [-0.15, -0.1) is 0 Å². The summed E-state index contributed by atoms with van der Waals surface area (Å²) in [6.07, 6.45) is 1.93. The van der Waals surface area contributed by atoms with Gasteiger partial charge in [0.15, 0.2) is 0 Å². The molecule has 7 nitrogen and oxygen atoms in total. The van der Waals surface area contributed by atoms with E-state index in [2.05, 4.69) is 10.6 Å². The summed E-state index contributed by atoms with van der Waals surface area (Å²) in [6.45, 7) is 7.00. The van der Waals surface area contributed by atoms with Crippen LogP contribution >= 0.6 is 0 Å². The van der Waals surface area contributed by atoms with Crippen molar-refractivity contribution in [2.45, 2.75) is 52.1 Å². The Morgan fingerprint density at radius 2 is 1.73 bits per heavy atom. The summed E-state index contributed by atoms with van der Waals surface area (Å²) < 4.78 is 18.0. The van der Waals surface area contributed by atoms with Crippen molar-refractivity contribution in [2.75, 3.05) is 26.2 Å². The summed E-state index contributed by atoms with van der Waals surface area (Å²) in [5, 5.41) is 5.44. The predicted molar refractivity (Wildman–Crippen MR) is 111 cm³/mol. The molecule has 1 aromatic carbocycles. The lowest BCUT2D eigenvalue weighted by Crippen LogP contribution is -2.46. The Kier molecular flexibility index (Phi) is 8.62. The minimum atomic E-state index is -0.603. The number of benzene rings is 1. The van der Waals surface area contributed by atoms with Crippen molar-refractivity contribution in [3.8, 4) is 0 Å². The molecule has 1 aliphatic heterocycles.